The highest BCUT2D eigenvalue weighted by molar-refractivity contribution is 5.94. The van der Waals surface area contributed by atoms with Gasteiger partial charge in [-0.25, -0.2) is 5.43 Å². The van der Waals surface area contributed by atoms with E-state index in [0.29, 0.717) is 5.56 Å². The molecule has 0 unspecified atom stereocenters. The summed E-state index contributed by atoms with van der Waals surface area (Å²) in [6.07, 6.45) is 1.66. The third-order valence-electron chi connectivity index (χ3n) is 4.55. The van der Waals surface area contributed by atoms with E-state index in [-0.39, 0.29) is 5.91 Å². The summed E-state index contributed by atoms with van der Waals surface area (Å²) in [5.41, 5.74) is 7.66. The molecule has 142 valence electrons. The molecule has 1 amide bonds. The van der Waals surface area contributed by atoms with E-state index >= 15 is 0 Å². The summed E-state index contributed by atoms with van der Waals surface area (Å²) in [5, 5.41) is 4.06. The summed E-state index contributed by atoms with van der Waals surface area (Å²) >= 11 is 0. The molecule has 0 saturated heterocycles. The van der Waals surface area contributed by atoms with E-state index in [4.69, 9.17) is 0 Å². The Kier molecular flexibility index (Phi) is 6.58. The summed E-state index contributed by atoms with van der Waals surface area (Å²) in [7, 11) is 0. The van der Waals surface area contributed by atoms with Crippen molar-refractivity contribution in [1.29, 1.82) is 0 Å². The monoisotopic (exact) mass is 371 g/mol. The molecule has 0 heterocycles. The van der Waals surface area contributed by atoms with Gasteiger partial charge >= 0.3 is 0 Å². The van der Waals surface area contributed by atoms with Gasteiger partial charge in [0, 0.05) is 24.3 Å². The van der Waals surface area contributed by atoms with Crippen LogP contribution in [-0.2, 0) is 6.54 Å². The zero-order valence-electron chi connectivity index (χ0n) is 16.3. The first-order valence-electron chi connectivity index (χ1n) is 9.44. The molecule has 0 aliphatic heterocycles. The van der Waals surface area contributed by atoms with Crippen molar-refractivity contribution in [3.8, 4) is 0 Å². The van der Waals surface area contributed by atoms with Gasteiger partial charge in [0.15, 0.2) is 0 Å². The normalized spacial score (nSPS) is 10.8. The van der Waals surface area contributed by atoms with Crippen LogP contribution in [0.15, 0.2) is 84.0 Å². The van der Waals surface area contributed by atoms with Gasteiger partial charge in [-0.3, -0.25) is 4.79 Å². The number of rotatable bonds is 7. The number of benzene rings is 3. The lowest BCUT2D eigenvalue weighted by atomic mass is 10.1. The van der Waals surface area contributed by atoms with E-state index < -0.39 is 0 Å². The number of hydrazone groups is 1. The first-order chi connectivity index (χ1) is 13.7. The van der Waals surface area contributed by atoms with Crippen LogP contribution in [-0.4, -0.2) is 18.7 Å². The van der Waals surface area contributed by atoms with E-state index in [2.05, 4.69) is 58.7 Å². The quantitative estimate of drug-likeness (QED) is 0.480. The van der Waals surface area contributed by atoms with Crippen molar-refractivity contribution in [1.82, 2.24) is 5.43 Å². The second-order valence-corrected chi connectivity index (χ2v) is 6.66. The molecule has 0 radical (unpaired) electrons. The fourth-order valence-corrected chi connectivity index (χ4v) is 2.90. The molecule has 28 heavy (non-hydrogen) atoms. The van der Waals surface area contributed by atoms with Gasteiger partial charge in [-0.1, -0.05) is 60.2 Å². The molecule has 3 rings (SSSR count). The van der Waals surface area contributed by atoms with Gasteiger partial charge in [0.2, 0.25) is 0 Å². The number of aryl methyl sites for hydroxylation is 1. The minimum atomic E-state index is -0.215. The molecule has 3 aromatic rings. The number of nitrogens with zero attached hydrogens (tertiary/aromatic N) is 2. The molecule has 1 N–H and O–H groups in total. The van der Waals surface area contributed by atoms with Gasteiger partial charge in [-0.05, 0) is 49.2 Å². The average Bonchev–Trinajstić information content (AvgIpc) is 2.74. The van der Waals surface area contributed by atoms with E-state index in [9.17, 15) is 4.79 Å². The Morgan fingerprint density at radius 3 is 2.29 bits per heavy atom. The highest BCUT2D eigenvalue weighted by Crippen LogP contribution is 2.17. The summed E-state index contributed by atoms with van der Waals surface area (Å²) < 4.78 is 0. The highest BCUT2D eigenvalue weighted by atomic mass is 16.2. The lowest BCUT2D eigenvalue weighted by Gasteiger charge is -2.23. The predicted molar refractivity (Wildman–Crippen MR) is 116 cm³/mol. The van der Waals surface area contributed by atoms with E-state index in [1.807, 2.05) is 37.3 Å². The van der Waals surface area contributed by atoms with E-state index in [1.165, 1.54) is 5.56 Å². The van der Waals surface area contributed by atoms with Gasteiger partial charge in [0.1, 0.15) is 0 Å². The molecular weight excluding hydrogens is 346 g/mol. The van der Waals surface area contributed by atoms with Crippen LogP contribution in [0, 0.1) is 6.92 Å². The van der Waals surface area contributed by atoms with Crippen LogP contribution in [0.1, 0.15) is 34.0 Å². The fourth-order valence-electron chi connectivity index (χ4n) is 2.90. The minimum absolute atomic E-state index is 0.215. The Labute approximate surface area is 166 Å². The third kappa shape index (κ3) is 5.30. The predicted octanol–water partition coefficient (Wildman–Crippen LogP) is 4.79. The van der Waals surface area contributed by atoms with Crippen molar-refractivity contribution in [2.24, 2.45) is 5.10 Å². The number of hydrogen-bond donors (Lipinski definition) is 1. The molecule has 0 aliphatic rings. The zero-order chi connectivity index (χ0) is 19.8. The second-order valence-electron chi connectivity index (χ2n) is 6.66. The van der Waals surface area contributed by atoms with Gasteiger partial charge < -0.3 is 4.90 Å². The Morgan fingerprint density at radius 2 is 1.64 bits per heavy atom. The van der Waals surface area contributed by atoms with Gasteiger partial charge in [0.25, 0.3) is 5.91 Å². The molecule has 0 aliphatic carbocycles. The number of hydrogen-bond acceptors (Lipinski definition) is 3. The molecule has 0 spiro atoms. The van der Waals surface area contributed by atoms with Gasteiger partial charge in [-0.2, -0.15) is 5.10 Å². The standard InChI is InChI=1S/C24H25N3O/c1-3-27(18-21-7-5-4-6-8-21)23-15-11-20(12-16-23)17-25-26-24(28)22-13-9-19(2)10-14-22/h4-17H,3,18H2,1-2H3,(H,26,28)/b25-17-. The topological polar surface area (TPSA) is 44.7 Å². The first-order valence-corrected chi connectivity index (χ1v) is 9.44. The van der Waals surface area contributed by atoms with Crippen molar-refractivity contribution in [2.45, 2.75) is 20.4 Å². The minimum Gasteiger partial charge on any atom is -0.367 e. The fraction of sp³-hybridized carbons (Fsp3) is 0.167. The molecule has 0 saturated carbocycles. The van der Waals surface area contributed by atoms with Crippen LogP contribution >= 0.6 is 0 Å². The van der Waals surface area contributed by atoms with Gasteiger partial charge in [-0.15, -0.1) is 0 Å². The Balaban J connectivity index is 1.59. The van der Waals surface area contributed by atoms with Crippen LogP contribution in [0.25, 0.3) is 0 Å². The average molecular weight is 371 g/mol. The van der Waals surface area contributed by atoms with E-state index in [1.54, 1.807) is 18.3 Å². The number of nitrogens with one attached hydrogen (secondary N) is 1. The zero-order valence-corrected chi connectivity index (χ0v) is 16.3. The largest absolute Gasteiger partial charge is 0.367 e. The second kappa shape index (κ2) is 9.51. The van der Waals surface area contributed by atoms with Crippen molar-refractivity contribution in [3.63, 3.8) is 0 Å². The first kappa shape index (κ1) is 19.4. The van der Waals surface area contributed by atoms with Crippen LogP contribution in [0.4, 0.5) is 5.69 Å². The van der Waals surface area contributed by atoms with Crippen molar-refractivity contribution in [2.75, 3.05) is 11.4 Å². The molecule has 4 heteroatoms. The summed E-state index contributed by atoms with van der Waals surface area (Å²) in [6, 6.07) is 26.0. The lowest BCUT2D eigenvalue weighted by Crippen LogP contribution is -2.21. The maximum atomic E-state index is 12.1. The molecule has 0 bridgehead atoms. The Hall–Kier alpha value is -3.40. The third-order valence-corrected chi connectivity index (χ3v) is 4.55. The number of amides is 1. The Bertz CT molecular complexity index is 916. The van der Waals surface area contributed by atoms with Crippen LogP contribution < -0.4 is 10.3 Å². The molecule has 3 aromatic carbocycles. The molecule has 4 nitrogen and oxygen atoms in total. The molecular formula is C24H25N3O. The number of carbonyl (C=O) groups excluding carboxylic acids is 1. The molecule has 0 aromatic heterocycles. The van der Waals surface area contributed by atoms with Crippen molar-refractivity contribution >= 4 is 17.8 Å². The molecule has 0 fully saturated rings. The maximum Gasteiger partial charge on any atom is 0.271 e. The smallest absolute Gasteiger partial charge is 0.271 e. The summed E-state index contributed by atoms with van der Waals surface area (Å²) in [5.74, 6) is -0.215. The summed E-state index contributed by atoms with van der Waals surface area (Å²) in [6.45, 7) is 5.94. The van der Waals surface area contributed by atoms with Crippen molar-refractivity contribution < 1.29 is 4.79 Å². The summed E-state index contributed by atoms with van der Waals surface area (Å²) in [4.78, 5) is 14.4. The van der Waals surface area contributed by atoms with Crippen LogP contribution in [0.3, 0.4) is 0 Å². The maximum absolute atomic E-state index is 12.1. The van der Waals surface area contributed by atoms with Crippen LogP contribution in [0.5, 0.6) is 0 Å². The van der Waals surface area contributed by atoms with Gasteiger partial charge in [0.05, 0.1) is 6.21 Å². The molecule has 0 atom stereocenters. The highest BCUT2D eigenvalue weighted by Gasteiger charge is 2.05. The van der Waals surface area contributed by atoms with Crippen molar-refractivity contribution in [3.05, 3.63) is 101 Å². The number of carbonyl (C=O) groups is 1. The lowest BCUT2D eigenvalue weighted by molar-refractivity contribution is 0.0955. The Morgan fingerprint density at radius 1 is 0.964 bits per heavy atom. The van der Waals surface area contributed by atoms with Crippen LogP contribution in [0.2, 0.25) is 0 Å². The van der Waals surface area contributed by atoms with E-state index in [0.717, 1.165) is 29.9 Å². The number of anilines is 1. The SMILES string of the molecule is CCN(Cc1ccccc1)c1ccc(/C=N\NC(=O)c2ccc(C)cc2)cc1.